The van der Waals surface area contributed by atoms with Crippen molar-refractivity contribution >= 4 is 23.5 Å². The Bertz CT molecular complexity index is 469. The molecule has 1 fully saturated rings. The van der Waals surface area contributed by atoms with Gasteiger partial charge in [-0.2, -0.15) is 0 Å². The molecule has 5 heteroatoms. The fourth-order valence-electron chi connectivity index (χ4n) is 2.72. The Morgan fingerprint density at radius 1 is 1.29 bits per heavy atom. The third kappa shape index (κ3) is 1.92. The minimum absolute atomic E-state index is 0.0480. The van der Waals surface area contributed by atoms with E-state index in [1.807, 2.05) is 6.26 Å². The number of aromatic nitrogens is 2. The van der Waals surface area contributed by atoms with Crippen molar-refractivity contribution in [2.45, 2.75) is 43.2 Å². The second-order valence-electron chi connectivity index (χ2n) is 4.63. The van der Waals surface area contributed by atoms with Crippen molar-refractivity contribution in [3.05, 3.63) is 11.3 Å². The normalized spacial score (nSPS) is 19.5. The van der Waals surface area contributed by atoms with Crippen molar-refractivity contribution in [1.29, 1.82) is 0 Å². The molecule has 2 heterocycles. The van der Waals surface area contributed by atoms with E-state index in [9.17, 15) is 4.79 Å². The molecule has 0 saturated heterocycles. The monoisotopic (exact) mass is 249 g/mol. The number of amides is 1. The predicted octanol–water partition coefficient (Wildman–Crippen LogP) is 2.35. The molecule has 2 aliphatic rings. The molecular formula is C12H15N3OS. The number of hydrogen-bond acceptors (Lipinski definition) is 4. The molecular weight excluding hydrogens is 234 g/mol. The number of rotatable bonds is 2. The van der Waals surface area contributed by atoms with Crippen LogP contribution in [0.2, 0.25) is 0 Å². The summed E-state index contributed by atoms with van der Waals surface area (Å²) in [6.07, 6.45) is 7.38. The van der Waals surface area contributed by atoms with Gasteiger partial charge in [0, 0.05) is 11.5 Å². The van der Waals surface area contributed by atoms with E-state index in [-0.39, 0.29) is 5.91 Å². The smallest absolute Gasteiger partial charge is 0.230 e. The number of fused-ring (bicyclic) bond motifs is 1. The minimum atomic E-state index is 0.0480. The zero-order valence-corrected chi connectivity index (χ0v) is 10.6. The van der Waals surface area contributed by atoms with Crippen LogP contribution in [0.15, 0.2) is 5.16 Å². The van der Waals surface area contributed by atoms with Gasteiger partial charge in [-0.25, -0.2) is 9.97 Å². The lowest BCUT2D eigenvalue weighted by atomic mass is 9.98. The zero-order chi connectivity index (χ0) is 11.8. The maximum atomic E-state index is 11.5. The Kier molecular flexibility index (Phi) is 2.78. The second-order valence-corrected chi connectivity index (χ2v) is 5.40. The number of carbonyl (C=O) groups excluding carboxylic acids is 1. The number of hydrogen-bond donors (Lipinski definition) is 1. The summed E-state index contributed by atoms with van der Waals surface area (Å²) in [4.78, 5) is 20.5. The van der Waals surface area contributed by atoms with E-state index in [0.717, 1.165) is 22.2 Å². The van der Waals surface area contributed by atoms with Gasteiger partial charge in [-0.1, -0.05) is 24.6 Å². The fourth-order valence-corrected chi connectivity index (χ4v) is 3.09. The quantitative estimate of drug-likeness (QED) is 0.645. The van der Waals surface area contributed by atoms with Crippen LogP contribution in [0.3, 0.4) is 0 Å². The molecule has 0 atom stereocenters. The summed E-state index contributed by atoms with van der Waals surface area (Å²) in [5, 5.41) is 3.60. The highest BCUT2D eigenvalue weighted by molar-refractivity contribution is 7.98. The molecule has 0 radical (unpaired) electrons. The van der Waals surface area contributed by atoms with Crippen LogP contribution in [0, 0.1) is 0 Å². The van der Waals surface area contributed by atoms with Crippen molar-refractivity contribution in [2.24, 2.45) is 0 Å². The van der Waals surface area contributed by atoms with Gasteiger partial charge < -0.3 is 5.32 Å². The van der Waals surface area contributed by atoms with Crippen LogP contribution in [0.5, 0.6) is 0 Å². The molecule has 1 N–H and O–H groups in total. The third-order valence-electron chi connectivity index (χ3n) is 3.54. The maximum absolute atomic E-state index is 11.5. The number of carbonyl (C=O) groups is 1. The van der Waals surface area contributed by atoms with E-state index in [4.69, 9.17) is 0 Å². The number of anilines is 1. The van der Waals surface area contributed by atoms with Gasteiger partial charge in [0.05, 0.1) is 12.1 Å². The van der Waals surface area contributed by atoms with E-state index in [1.165, 1.54) is 37.4 Å². The Morgan fingerprint density at radius 3 is 2.76 bits per heavy atom. The first kappa shape index (κ1) is 11.0. The molecule has 1 aromatic heterocycles. The second kappa shape index (κ2) is 4.29. The Balaban J connectivity index is 2.06. The predicted molar refractivity (Wildman–Crippen MR) is 67.4 cm³/mol. The molecule has 1 aliphatic carbocycles. The largest absolute Gasteiger partial charge is 0.310 e. The van der Waals surface area contributed by atoms with Gasteiger partial charge in [0.15, 0.2) is 5.16 Å². The van der Waals surface area contributed by atoms with Gasteiger partial charge in [0.2, 0.25) is 5.91 Å². The molecule has 1 aromatic rings. The molecule has 90 valence electrons. The summed E-state index contributed by atoms with van der Waals surface area (Å²) in [6.45, 7) is 0. The minimum Gasteiger partial charge on any atom is -0.310 e. The van der Waals surface area contributed by atoms with E-state index < -0.39 is 0 Å². The SMILES string of the molecule is CSc1nc2c(c(C3CCCC3)n1)CC(=O)N2. The molecule has 0 unspecified atom stereocenters. The highest BCUT2D eigenvalue weighted by atomic mass is 32.2. The van der Waals surface area contributed by atoms with Crippen molar-refractivity contribution in [3.8, 4) is 0 Å². The number of nitrogens with zero attached hydrogens (tertiary/aromatic N) is 2. The standard InChI is InChI=1S/C12H15N3OS/c1-17-12-14-10(7-4-2-3-5-7)8-6-9(16)13-11(8)15-12/h7H,2-6H2,1H3,(H,13,14,15,16). The summed E-state index contributed by atoms with van der Waals surface area (Å²) >= 11 is 1.54. The van der Waals surface area contributed by atoms with Crippen LogP contribution < -0.4 is 5.32 Å². The average Bonchev–Trinajstić information content (AvgIpc) is 2.94. The van der Waals surface area contributed by atoms with E-state index in [1.54, 1.807) is 0 Å². The van der Waals surface area contributed by atoms with Gasteiger partial charge in [0.1, 0.15) is 5.82 Å². The topological polar surface area (TPSA) is 54.9 Å². The van der Waals surface area contributed by atoms with Gasteiger partial charge in [-0.15, -0.1) is 0 Å². The summed E-state index contributed by atoms with van der Waals surface area (Å²) in [5.74, 6) is 1.33. The molecule has 3 rings (SSSR count). The number of thioether (sulfide) groups is 1. The summed E-state index contributed by atoms with van der Waals surface area (Å²) in [7, 11) is 0. The Labute approximate surface area is 105 Å². The summed E-state index contributed by atoms with van der Waals surface area (Å²) < 4.78 is 0. The van der Waals surface area contributed by atoms with Crippen LogP contribution in [0.4, 0.5) is 5.82 Å². The Morgan fingerprint density at radius 2 is 2.06 bits per heavy atom. The highest BCUT2D eigenvalue weighted by Gasteiger charge is 2.29. The lowest BCUT2D eigenvalue weighted by molar-refractivity contribution is -0.115. The molecule has 0 spiro atoms. The van der Waals surface area contributed by atoms with Gasteiger partial charge in [-0.05, 0) is 19.1 Å². The van der Waals surface area contributed by atoms with Crippen LogP contribution in [0.1, 0.15) is 42.9 Å². The molecule has 17 heavy (non-hydrogen) atoms. The van der Waals surface area contributed by atoms with Gasteiger partial charge >= 0.3 is 0 Å². The molecule has 0 bridgehead atoms. The average molecular weight is 249 g/mol. The Hall–Kier alpha value is -1.10. The first-order valence-corrected chi connectivity index (χ1v) is 7.25. The van der Waals surface area contributed by atoms with E-state index >= 15 is 0 Å². The number of nitrogens with one attached hydrogen (secondary N) is 1. The lowest BCUT2D eigenvalue weighted by Gasteiger charge is -2.13. The molecule has 4 nitrogen and oxygen atoms in total. The maximum Gasteiger partial charge on any atom is 0.230 e. The molecule has 0 aromatic carbocycles. The van der Waals surface area contributed by atoms with Crippen LogP contribution in [0.25, 0.3) is 0 Å². The van der Waals surface area contributed by atoms with E-state index in [2.05, 4.69) is 15.3 Å². The molecule has 1 saturated carbocycles. The van der Waals surface area contributed by atoms with Gasteiger partial charge in [0.25, 0.3) is 0 Å². The van der Waals surface area contributed by atoms with Crippen LogP contribution in [-0.4, -0.2) is 22.1 Å². The first-order valence-electron chi connectivity index (χ1n) is 6.02. The summed E-state index contributed by atoms with van der Waals surface area (Å²) in [6, 6.07) is 0. The van der Waals surface area contributed by atoms with Crippen LogP contribution >= 0.6 is 11.8 Å². The fraction of sp³-hybridized carbons (Fsp3) is 0.583. The summed E-state index contributed by atoms with van der Waals surface area (Å²) in [5.41, 5.74) is 2.16. The van der Waals surface area contributed by atoms with Gasteiger partial charge in [-0.3, -0.25) is 4.79 Å². The first-order chi connectivity index (χ1) is 8.28. The highest BCUT2D eigenvalue weighted by Crippen LogP contribution is 2.38. The van der Waals surface area contributed by atoms with Crippen LogP contribution in [-0.2, 0) is 11.2 Å². The zero-order valence-electron chi connectivity index (χ0n) is 9.82. The van der Waals surface area contributed by atoms with Crippen molar-refractivity contribution in [1.82, 2.24) is 9.97 Å². The lowest BCUT2D eigenvalue weighted by Crippen LogP contribution is -2.04. The molecule has 1 aliphatic heterocycles. The van der Waals surface area contributed by atoms with Crippen molar-refractivity contribution in [3.63, 3.8) is 0 Å². The van der Waals surface area contributed by atoms with Crippen molar-refractivity contribution in [2.75, 3.05) is 11.6 Å². The van der Waals surface area contributed by atoms with E-state index in [0.29, 0.717) is 12.3 Å². The van der Waals surface area contributed by atoms with Crippen molar-refractivity contribution < 1.29 is 4.79 Å². The molecule has 1 amide bonds. The third-order valence-corrected chi connectivity index (χ3v) is 4.09.